The zero-order chi connectivity index (χ0) is 13.4. The highest BCUT2D eigenvalue weighted by molar-refractivity contribution is 6.21. The van der Waals surface area contributed by atoms with Gasteiger partial charge in [-0.1, -0.05) is 31.9 Å². The standard InChI is InChI=1S/C15H22Cl2O/c1-2-4-13(16)5-3-6-14(17)11-12-7-9-15(18)10-8-12/h7-10,13-14,18H,2-6,11H2,1H3. The number of phenolic OH excluding ortho intramolecular Hbond substituents is 1. The minimum atomic E-state index is 0.153. The van der Waals surface area contributed by atoms with Gasteiger partial charge in [0.1, 0.15) is 5.75 Å². The molecule has 0 aliphatic carbocycles. The monoisotopic (exact) mass is 288 g/mol. The van der Waals surface area contributed by atoms with Crippen molar-refractivity contribution >= 4 is 23.2 Å². The highest BCUT2D eigenvalue weighted by Crippen LogP contribution is 2.19. The Morgan fingerprint density at radius 3 is 2.22 bits per heavy atom. The van der Waals surface area contributed by atoms with Crippen LogP contribution in [0.1, 0.15) is 44.6 Å². The van der Waals surface area contributed by atoms with Gasteiger partial charge in [0.05, 0.1) is 0 Å². The summed E-state index contributed by atoms with van der Waals surface area (Å²) in [5.74, 6) is 0.300. The molecule has 0 saturated heterocycles. The zero-order valence-electron chi connectivity index (χ0n) is 10.9. The number of aromatic hydroxyl groups is 1. The molecule has 1 nitrogen and oxygen atoms in total. The van der Waals surface area contributed by atoms with Gasteiger partial charge in [-0.05, 0) is 43.4 Å². The lowest BCUT2D eigenvalue weighted by Gasteiger charge is -2.11. The first kappa shape index (κ1) is 15.7. The van der Waals surface area contributed by atoms with E-state index in [1.54, 1.807) is 12.1 Å². The molecule has 0 bridgehead atoms. The lowest BCUT2D eigenvalue weighted by Crippen LogP contribution is -2.05. The molecule has 3 heteroatoms. The van der Waals surface area contributed by atoms with Gasteiger partial charge in [0.15, 0.2) is 0 Å². The first-order valence-electron chi connectivity index (χ1n) is 6.68. The van der Waals surface area contributed by atoms with Gasteiger partial charge in [0.25, 0.3) is 0 Å². The maximum Gasteiger partial charge on any atom is 0.115 e. The molecule has 0 radical (unpaired) electrons. The molecule has 1 rings (SSSR count). The van der Waals surface area contributed by atoms with Gasteiger partial charge in [-0.25, -0.2) is 0 Å². The molecule has 0 saturated carbocycles. The molecule has 0 spiro atoms. The highest BCUT2D eigenvalue weighted by atomic mass is 35.5. The van der Waals surface area contributed by atoms with E-state index in [-0.39, 0.29) is 5.38 Å². The van der Waals surface area contributed by atoms with E-state index in [0.29, 0.717) is 11.1 Å². The van der Waals surface area contributed by atoms with E-state index >= 15 is 0 Å². The van der Waals surface area contributed by atoms with Crippen LogP contribution in [0.3, 0.4) is 0 Å². The number of hydrogen-bond acceptors (Lipinski definition) is 1. The smallest absolute Gasteiger partial charge is 0.115 e. The van der Waals surface area contributed by atoms with Crippen LogP contribution in [0.25, 0.3) is 0 Å². The van der Waals surface area contributed by atoms with E-state index in [0.717, 1.165) is 38.5 Å². The van der Waals surface area contributed by atoms with E-state index in [1.165, 1.54) is 5.56 Å². The average Bonchev–Trinajstić information content (AvgIpc) is 2.32. The lowest BCUT2D eigenvalue weighted by atomic mass is 10.0. The van der Waals surface area contributed by atoms with E-state index in [2.05, 4.69) is 6.92 Å². The molecule has 0 aromatic heterocycles. The average molecular weight is 289 g/mol. The van der Waals surface area contributed by atoms with E-state index in [9.17, 15) is 5.11 Å². The highest BCUT2D eigenvalue weighted by Gasteiger charge is 2.08. The van der Waals surface area contributed by atoms with Crippen molar-refractivity contribution in [3.05, 3.63) is 29.8 Å². The third-order valence-electron chi connectivity index (χ3n) is 3.03. The third-order valence-corrected chi connectivity index (χ3v) is 3.84. The fourth-order valence-corrected chi connectivity index (χ4v) is 2.71. The topological polar surface area (TPSA) is 20.2 Å². The predicted molar refractivity (Wildman–Crippen MR) is 79.9 cm³/mol. The number of hydrogen-bond donors (Lipinski definition) is 1. The summed E-state index contributed by atoms with van der Waals surface area (Å²) in [6.45, 7) is 2.16. The van der Waals surface area contributed by atoms with Gasteiger partial charge in [-0.15, -0.1) is 23.2 Å². The van der Waals surface area contributed by atoms with Crippen molar-refractivity contribution in [3.8, 4) is 5.75 Å². The largest absolute Gasteiger partial charge is 0.508 e. The first-order valence-corrected chi connectivity index (χ1v) is 7.55. The van der Waals surface area contributed by atoms with Crippen molar-refractivity contribution in [2.75, 3.05) is 0 Å². The molecule has 1 N–H and O–H groups in total. The van der Waals surface area contributed by atoms with Crippen molar-refractivity contribution in [2.24, 2.45) is 0 Å². The minimum Gasteiger partial charge on any atom is -0.508 e. The second-order valence-corrected chi connectivity index (χ2v) is 6.02. The maximum atomic E-state index is 9.20. The molecule has 1 aromatic carbocycles. The number of alkyl halides is 2. The second kappa shape index (κ2) is 8.66. The zero-order valence-corrected chi connectivity index (χ0v) is 12.4. The predicted octanol–water partition coefficient (Wildman–Crippen LogP) is 5.12. The van der Waals surface area contributed by atoms with E-state index in [4.69, 9.17) is 23.2 Å². The molecular weight excluding hydrogens is 267 g/mol. The Bertz CT molecular complexity index is 324. The maximum absolute atomic E-state index is 9.20. The number of benzene rings is 1. The van der Waals surface area contributed by atoms with Crippen LogP contribution in [0.2, 0.25) is 0 Å². The summed E-state index contributed by atoms with van der Waals surface area (Å²) in [5, 5.41) is 9.65. The normalized spacial score (nSPS) is 14.4. The first-order chi connectivity index (χ1) is 8.61. The van der Waals surface area contributed by atoms with Crippen LogP contribution in [-0.4, -0.2) is 15.9 Å². The van der Waals surface area contributed by atoms with Crippen molar-refractivity contribution in [1.29, 1.82) is 0 Å². The Balaban J connectivity index is 2.21. The van der Waals surface area contributed by atoms with E-state index in [1.807, 2.05) is 12.1 Å². The molecule has 0 aliphatic heterocycles. The van der Waals surface area contributed by atoms with Gasteiger partial charge >= 0.3 is 0 Å². The van der Waals surface area contributed by atoms with E-state index < -0.39 is 0 Å². The molecule has 1 aromatic rings. The van der Waals surface area contributed by atoms with Gasteiger partial charge in [-0.3, -0.25) is 0 Å². The Morgan fingerprint density at radius 1 is 1.00 bits per heavy atom. The molecule has 0 aliphatic rings. The van der Waals surface area contributed by atoms with Crippen molar-refractivity contribution in [2.45, 2.75) is 56.2 Å². The van der Waals surface area contributed by atoms with Crippen molar-refractivity contribution in [3.63, 3.8) is 0 Å². The Morgan fingerprint density at radius 2 is 1.61 bits per heavy atom. The SMILES string of the molecule is CCCC(Cl)CCCC(Cl)Cc1ccc(O)cc1. The van der Waals surface area contributed by atoms with Crippen LogP contribution < -0.4 is 0 Å². The summed E-state index contributed by atoms with van der Waals surface area (Å²) < 4.78 is 0. The molecule has 0 fully saturated rings. The third kappa shape index (κ3) is 6.51. The Hall–Kier alpha value is -0.400. The fourth-order valence-electron chi connectivity index (χ4n) is 2.01. The summed E-state index contributed by atoms with van der Waals surface area (Å²) in [5.41, 5.74) is 1.17. The van der Waals surface area contributed by atoms with Crippen molar-refractivity contribution in [1.82, 2.24) is 0 Å². The molecule has 18 heavy (non-hydrogen) atoms. The molecular formula is C15H22Cl2O. The quantitative estimate of drug-likeness (QED) is 0.658. The van der Waals surface area contributed by atoms with Crippen LogP contribution in [0.15, 0.2) is 24.3 Å². The fraction of sp³-hybridized carbons (Fsp3) is 0.600. The van der Waals surface area contributed by atoms with Gasteiger partial charge in [0, 0.05) is 10.8 Å². The molecule has 2 unspecified atom stereocenters. The molecule has 102 valence electrons. The van der Waals surface area contributed by atoms with Crippen molar-refractivity contribution < 1.29 is 5.11 Å². The number of halogens is 2. The molecule has 0 heterocycles. The summed E-state index contributed by atoms with van der Waals surface area (Å²) in [6, 6.07) is 7.25. The Labute approximate surface area is 120 Å². The van der Waals surface area contributed by atoms with Gasteiger partial charge in [-0.2, -0.15) is 0 Å². The summed E-state index contributed by atoms with van der Waals surface area (Å²) in [4.78, 5) is 0. The molecule has 2 atom stereocenters. The number of phenols is 1. The minimum absolute atomic E-state index is 0.153. The summed E-state index contributed by atoms with van der Waals surface area (Å²) >= 11 is 12.5. The molecule has 0 amide bonds. The van der Waals surface area contributed by atoms with Crippen LogP contribution in [0.4, 0.5) is 0 Å². The van der Waals surface area contributed by atoms with Gasteiger partial charge < -0.3 is 5.11 Å². The van der Waals surface area contributed by atoms with Crippen LogP contribution in [-0.2, 0) is 6.42 Å². The van der Waals surface area contributed by atoms with Gasteiger partial charge in [0.2, 0.25) is 0 Å². The van der Waals surface area contributed by atoms with Crippen LogP contribution in [0, 0.1) is 0 Å². The Kier molecular flexibility index (Phi) is 7.53. The second-order valence-electron chi connectivity index (χ2n) is 4.78. The summed E-state index contributed by atoms with van der Waals surface area (Å²) in [6.07, 6.45) is 6.21. The van der Waals surface area contributed by atoms with Crippen LogP contribution >= 0.6 is 23.2 Å². The lowest BCUT2D eigenvalue weighted by molar-refractivity contribution is 0.475. The number of rotatable bonds is 8. The van der Waals surface area contributed by atoms with Crippen LogP contribution in [0.5, 0.6) is 5.75 Å². The summed E-state index contributed by atoms with van der Waals surface area (Å²) in [7, 11) is 0.